The number of carbonyl (C=O) groups is 2. The van der Waals surface area contributed by atoms with E-state index >= 15 is 0 Å². The zero-order valence-corrected chi connectivity index (χ0v) is 11.0. The fourth-order valence-corrected chi connectivity index (χ4v) is 2.13. The molecule has 0 aliphatic carbocycles. The number of carbonyl (C=O) groups excluding carboxylic acids is 1. The topological polar surface area (TPSA) is 92.2 Å². The molecule has 0 aliphatic heterocycles. The van der Waals surface area contributed by atoms with Crippen molar-refractivity contribution in [1.82, 2.24) is 15.3 Å². The van der Waals surface area contributed by atoms with E-state index in [1.807, 2.05) is 0 Å². The van der Waals surface area contributed by atoms with Gasteiger partial charge in [-0.25, -0.2) is 9.78 Å². The van der Waals surface area contributed by atoms with Crippen LogP contribution in [0.1, 0.15) is 26.0 Å². The molecule has 0 fully saturated rings. The lowest BCUT2D eigenvalue weighted by molar-refractivity contribution is 0.0691. The summed E-state index contributed by atoms with van der Waals surface area (Å²) in [6.45, 7) is 0.144. The molecule has 0 aromatic carbocycles. The van der Waals surface area contributed by atoms with E-state index in [9.17, 15) is 9.59 Å². The predicted molar refractivity (Wildman–Crippen MR) is 69.5 cm³/mol. The average molecular weight is 298 g/mol. The first-order chi connectivity index (χ1) is 9.06. The van der Waals surface area contributed by atoms with Crippen molar-refractivity contribution in [2.45, 2.75) is 6.54 Å². The van der Waals surface area contributed by atoms with Gasteiger partial charge in [-0.1, -0.05) is 11.6 Å². The van der Waals surface area contributed by atoms with Crippen molar-refractivity contribution in [3.05, 3.63) is 45.1 Å². The lowest BCUT2D eigenvalue weighted by atomic mass is 10.3. The third-order valence-electron chi connectivity index (χ3n) is 2.13. The number of hydrogen-bond acceptors (Lipinski definition) is 5. The van der Waals surface area contributed by atoms with Crippen LogP contribution in [0.5, 0.6) is 0 Å². The number of aromatic carboxylic acids is 1. The van der Waals surface area contributed by atoms with Crippen molar-refractivity contribution in [1.29, 1.82) is 0 Å². The molecule has 0 saturated carbocycles. The van der Waals surface area contributed by atoms with Crippen LogP contribution in [0.2, 0.25) is 5.02 Å². The highest BCUT2D eigenvalue weighted by atomic mass is 35.5. The molecule has 2 aromatic rings. The number of nitrogens with one attached hydrogen (secondary N) is 1. The number of amides is 1. The number of carboxylic acid groups (broad SMARTS) is 1. The summed E-state index contributed by atoms with van der Waals surface area (Å²) >= 11 is 6.91. The number of carboxylic acids is 1. The molecule has 0 aliphatic rings. The van der Waals surface area contributed by atoms with Gasteiger partial charge in [0.2, 0.25) is 0 Å². The van der Waals surface area contributed by atoms with Crippen LogP contribution in [0.4, 0.5) is 0 Å². The molecule has 6 nitrogen and oxygen atoms in total. The minimum Gasteiger partial charge on any atom is -0.476 e. The zero-order valence-electron chi connectivity index (χ0n) is 9.46. The average Bonchev–Trinajstić information content (AvgIpc) is 2.85. The quantitative estimate of drug-likeness (QED) is 0.898. The van der Waals surface area contributed by atoms with E-state index in [-0.39, 0.29) is 17.9 Å². The van der Waals surface area contributed by atoms with Crippen LogP contribution in [0.15, 0.2) is 23.7 Å². The van der Waals surface area contributed by atoms with E-state index in [0.29, 0.717) is 10.0 Å². The second-order valence-electron chi connectivity index (χ2n) is 3.47. The number of rotatable bonds is 4. The molecule has 0 radical (unpaired) electrons. The first-order valence-corrected chi connectivity index (χ1v) is 6.39. The van der Waals surface area contributed by atoms with Crippen molar-refractivity contribution >= 4 is 34.8 Å². The Morgan fingerprint density at radius 3 is 2.84 bits per heavy atom. The van der Waals surface area contributed by atoms with Gasteiger partial charge in [-0.15, -0.1) is 11.3 Å². The number of hydrogen-bond donors (Lipinski definition) is 2. The van der Waals surface area contributed by atoms with Gasteiger partial charge in [0.25, 0.3) is 5.91 Å². The van der Waals surface area contributed by atoms with Crippen molar-refractivity contribution in [2.24, 2.45) is 0 Å². The molecule has 8 heteroatoms. The molecular weight excluding hydrogens is 290 g/mol. The van der Waals surface area contributed by atoms with Crippen LogP contribution in [0.25, 0.3) is 0 Å². The van der Waals surface area contributed by atoms with Crippen molar-refractivity contribution in [3.8, 4) is 0 Å². The van der Waals surface area contributed by atoms with Crippen LogP contribution < -0.4 is 5.32 Å². The zero-order chi connectivity index (χ0) is 13.8. The smallest absolute Gasteiger partial charge is 0.355 e. The molecule has 2 rings (SSSR count). The summed E-state index contributed by atoms with van der Waals surface area (Å²) < 4.78 is 0. The second kappa shape index (κ2) is 5.77. The molecule has 2 heterocycles. The summed E-state index contributed by atoms with van der Waals surface area (Å²) in [6.07, 6.45) is 1.43. The van der Waals surface area contributed by atoms with Gasteiger partial charge in [0.05, 0.1) is 6.54 Å². The normalized spacial score (nSPS) is 10.2. The second-order valence-corrected chi connectivity index (χ2v) is 4.85. The van der Waals surface area contributed by atoms with Gasteiger partial charge in [0, 0.05) is 16.6 Å². The molecule has 98 valence electrons. The first kappa shape index (κ1) is 13.4. The van der Waals surface area contributed by atoms with Gasteiger partial charge in [-0.05, 0) is 12.1 Å². The molecular formula is C11H8ClN3O3S. The Balaban J connectivity index is 1.98. The number of halogens is 1. The van der Waals surface area contributed by atoms with E-state index < -0.39 is 11.9 Å². The molecule has 2 aromatic heterocycles. The lowest BCUT2D eigenvalue weighted by Gasteiger charge is -2.02. The number of thiazole rings is 1. The number of pyridine rings is 1. The van der Waals surface area contributed by atoms with Crippen LogP contribution in [0, 0.1) is 0 Å². The molecule has 0 saturated heterocycles. The highest BCUT2D eigenvalue weighted by molar-refractivity contribution is 7.09. The minimum absolute atomic E-state index is 0.0323. The maximum atomic E-state index is 11.7. The SMILES string of the molecule is O=C(O)c1csc(CNC(=O)c2cc(Cl)ccn2)n1. The van der Waals surface area contributed by atoms with Gasteiger partial charge in [-0.3, -0.25) is 9.78 Å². The van der Waals surface area contributed by atoms with Gasteiger partial charge in [0.15, 0.2) is 5.69 Å². The van der Waals surface area contributed by atoms with Crippen LogP contribution in [-0.2, 0) is 6.54 Å². The predicted octanol–water partition coefficient (Wildman–Crippen LogP) is 1.82. The lowest BCUT2D eigenvalue weighted by Crippen LogP contribution is -2.23. The van der Waals surface area contributed by atoms with E-state index in [2.05, 4.69) is 15.3 Å². The van der Waals surface area contributed by atoms with Gasteiger partial charge in [-0.2, -0.15) is 0 Å². The molecule has 19 heavy (non-hydrogen) atoms. The maximum absolute atomic E-state index is 11.7. The summed E-state index contributed by atoms with van der Waals surface area (Å²) in [6, 6.07) is 3.01. The van der Waals surface area contributed by atoms with Crippen molar-refractivity contribution < 1.29 is 14.7 Å². The summed E-state index contributed by atoms with van der Waals surface area (Å²) in [4.78, 5) is 30.1. The van der Waals surface area contributed by atoms with E-state index in [4.69, 9.17) is 16.7 Å². The summed E-state index contributed by atoms with van der Waals surface area (Å²) in [7, 11) is 0. The Labute approximate surface area is 117 Å². The molecule has 0 bridgehead atoms. The largest absolute Gasteiger partial charge is 0.476 e. The molecule has 0 spiro atoms. The Morgan fingerprint density at radius 1 is 1.42 bits per heavy atom. The van der Waals surface area contributed by atoms with Crippen LogP contribution >= 0.6 is 22.9 Å². The molecule has 2 N–H and O–H groups in total. The standard InChI is InChI=1S/C11H8ClN3O3S/c12-6-1-2-13-7(3-6)10(16)14-4-9-15-8(5-19-9)11(17)18/h1-3,5H,4H2,(H,14,16)(H,17,18). The monoisotopic (exact) mass is 297 g/mol. The minimum atomic E-state index is -1.09. The van der Waals surface area contributed by atoms with Gasteiger partial charge in [0.1, 0.15) is 10.7 Å². The summed E-state index contributed by atoms with van der Waals surface area (Å²) in [5.74, 6) is -1.49. The maximum Gasteiger partial charge on any atom is 0.355 e. The Kier molecular flexibility index (Phi) is 4.08. The Bertz CT molecular complexity index is 629. The van der Waals surface area contributed by atoms with Gasteiger partial charge < -0.3 is 10.4 Å². The highest BCUT2D eigenvalue weighted by Gasteiger charge is 2.11. The highest BCUT2D eigenvalue weighted by Crippen LogP contribution is 2.10. The third-order valence-corrected chi connectivity index (χ3v) is 3.21. The Morgan fingerprint density at radius 2 is 2.21 bits per heavy atom. The first-order valence-electron chi connectivity index (χ1n) is 5.13. The van der Waals surface area contributed by atoms with Gasteiger partial charge >= 0.3 is 5.97 Å². The number of aromatic nitrogens is 2. The van der Waals surface area contributed by atoms with Crippen LogP contribution in [-0.4, -0.2) is 27.0 Å². The molecule has 0 unspecified atom stereocenters. The van der Waals surface area contributed by atoms with Crippen molar-refractivity contribution in [3.63, 3.8) is 0 Å². The van der Waals surface area contributed by atoms with E-state index in [1.54, 1.807) is 6.07 Å². The van der Waals surface area contributed by atoms with Crippen molar-refractivity contribution in [2.75, 3.05) is 0 Å². The van der Waals surface area contributed by atoms with Crippen LogP contribution in [0.3, 0.4) is 0 Å². The van der Waals surface area contributed by atoms with E-state index in [0.717, 1.165) is 0 Å². The fourth-order valence-electron chi connectivity index (χ4n) is 1.27. The summed E-state index contributed by atoms with van der Waals surface area (Å²) in [5, 5.41) is 13.7. The molecule has 1 amide bonds. The van der Waals surface area contributed by atoms with E-state index in [1.165, 1.54) is 29.0 Å². The fraction of sp³-hybridized carbons (Fsp3) is 0.0909. The summed E-state index contributed by atoms with van der Waals surface area (Å²) in [5.41, 5.74) is 0.164. The number of nitrogens with zero attached hydrogens (tertiary/aromatic N) is 2. The molecule has 0 atom stereocenters. The Hall–Kier alpha value is -1.99. The third kappa shape index (κ3) is 3.49.